The molecule has 8 aromatic rings. The molecule has 2 amide bonds. The van der Waals surface area contributed by atoms with Crippen LogP contribution in [0.5, 0.6) is 5.75 Å². The van der Waals surface area contributed by atoms with E-state index in [2.05, 4.69) is 189 Å². The van der Waals surface area contributed by atoms with Crippen LogP contribution in [-0.2, 0) is 26.1 Å². The molecule has 0 bridgehead atoms. The Balaban J connectivity index is 0.940. The van der Waals surface area contributed by atoms with Gasteiger partial charge < -0.3 is 24.5 Å². The summed E-state index contributed by atoms with van der Waals surface area (Å²) < 4.78 is 19.2. The van der Waals surface area contributed by atoms with E-state index in [1.165, 1.54) is 15.9 Å². The van der Waals surface area contributed by atoms with Gasteiger partial charge in [-0.15, -0.1) is 0 Å². The average Bonchev–Trinajstić information content (AvgIpc) is 3.75. The molecule has 9 rings (SSSR count). The van der Waals surface area contributed by atoms with Gasteiger partial charge in [0.1, 0.15) is 18.4 Å². The molecule has 0 saturated carbocycles. The van der Waals surface area contributed by atoms with Crippen LogP contribution in [0.1, 0.15) is 84.9 Å². The maximum absolute atomic E-state index is 14.6. The molecule has 9 heteroatoms. The van der Waals surface area contributed by atoms with Crippen molar-refractivity contribution in [3.8, 4) is 16.9 Å². The number of fused-ring (bicyclic) bond motifs is 3. The van der Waals surface area contributed by atoms with Gasteiger partial charge in [-0.3, -0.25) is 10.1 Å². The van der Waals surface area contributed by atoms with Crippen LogP contribution in [-0.4, -0.2) is 46.6 Å². The standard InChI is InChI=1S/C65H67N3O5Si/c1-47-37-40-51(41-38-47)65(49-24-10-6-11-25-49,50-26-12-7-13-27-50)66-43-23-22-36-60(68-63(70)72-46-58-56-34-20-18-32-54(56)55-33-19-21-35-57(55)58)62(69)67-59-42-39-48(44-61(59)71-5)45-73-74(64(2,3)4,52-28-14-8-15-29-52)53-30-16-9-17-31-53/h6-21,24-35,37-42,44,58,60,66H,22-23,36,43,45-46H2,1-5H3,(H,67,69)(H,68,70)/t60-/m0/s1. The molecule has 0 radical (unpaired) electrons. The van der Waals surface area contributed by atoms with Crippen molar-refractivity contribution >= 4 is 36.4 Å². The molecule has 74 heavy (non-hydrogen) atoms. The van der Waals surface area contributed by atoms with E-state index in [0.29, 0.717) is 43.9 Å². The molecular formula is C65H67N3O5Si. The molecule has 0 fully saturated rings. The van der Waals surface area contributed by atoms with E-state index in [0.717, 1.165) is 44.5 Å². The fourth-order valence-corrected chi connectivity index (χ4v) is 15.4. The summed E-state index contributed by atoms with van der Waals surface area (Å²) in [6.07, 6.45) is 1.04. The quantitative estimate of drug-likeness (QED) is 0.0400. The number of hydrogen-bond acceptors (Lipinski definition) is 6. The number of hydrogen-bond donors (Lipinski definition) is 3. The number of nitrogens with one attached hydrogen (secondary N) is 3. The number of alkyl carbamates (subject to hydrolysis) is 1. The number of methoxy groups -OCH3 is 1. The van der Waals surface area contributed by atoms with Gasteiger partial charge in [0.05, 0.1) is 24.9 Å². The van der Waals surface area contributed by atoms with E-state index in [-0.39, 0.29) is 23.5 Å². The van der Waals surface area contributed by atoms with Crippen molar-refractivity contribution in [1.29, 1.82) is 0 Å². The minimum absolute atomic E-state index is 0.127. The molecule has 0 unspecified atom stereocenters. The fourth-order valence-electron chi connectivity index (χ4n) is 10.9. The lowest BCUT2D eigenvalue weighted by molar-refractivity contribution is -0.118. The maximum atomic E-state index is 14.6. The first-order chi connectivity index (χ1) is 36.0. The summed E-state index contributed by atoms with van der Waals surface area (Å²) in [6.45, 7) is 9.97. The highest BCUT2D eigenvalue weighted by Crippen LogP contribution is 2.45. The van der Waals surface area contributed by atoms with Crippen molar-refractivity contribution in [2.45, 2.75) is 76.1 Å². The summed E-state index contributed by atoms with van der Waals surface area (Å²) in [4.78, 5) is 28.5. The third-order valence-electron chi connectivity index (χ3n) is 14.6. The molecule has 0 aliphatic heterocycles. The zero-order valence-electron chi connectivity index (χ0n) is 43.1. The predicted octanol–water partition coefficient (Wildman–Crippen LogP) is 12.7. The van der Waals surface area contributed by atoms with Crippen LogP contribution in [0.25, 0.3) is 11.1 Å². The third kappa shape index (κ3) is 10.9. The summed E-state index contributed by atoms with van der Waals surface area (Å²) >= 11 is 0. The van der Waals surface area contributed by atoms with Gasteiger partial charge in [0.2, 0.25) is 5.91 Å². The van der Waals surface area contributed by atoms with Crippen LogP contribution in [0.2, 0.25) is 5.04 Å². The highest BCUT2D eigenvalue weighted by atomic mass is 28.4. The Morgan fingerprint density at radius 2 is 1.12 bits per heavy atom. The van der Waals surface area contributed by atoms with Gasteiger partial charge in [-0.05, 0) is 105 Å². The number of carbonyl (C=O) groups is 2. The zero-order chi connectivity index (χ0) is 51.5. The topological polar surface area (TPSA) is 97.9 Å². The first kappa shape index (κ1) is 51.3. The molecule has 0 spiro atoms. The van der Waals surface area contributed by atoms with Gasteiger partial charge in [0.25, 0.3) is 8.32 Å². The Kier molecular flexibility index (Phi) is 16.0. The number of anilines is 1. The van der Waals surface area contributed by atoms with Crippen LogP contribution in [0.4, 0.5) is 10.5 Å². The van der Waals surface area contributed by atoms with E-state index in [1.807, 2.05) is 66.7 Å². The van der Waals surface area contributed by atoms with Crippen LogP contribution >= 0.6 is 0 Å². The number of ether oxygens (including phenoxy) is 2. The molecule has 1 atom stereocenters. The van der Waals surface area contributed by atoms with Gasteiger partial charge in [-0.2, -0.15) is 0 Å². The van der Waals surface area contributed by atoms with Crippen molar-refractivity contribution in [2.24, 2.45) is 0 Å². The molecule has 3 N–H and O–H groups in total. The number of benzene rings is 8. The van der Waals surface area contributed by atoms with Crippen molar-refractivity contribution in [3.63, 3.8) is 0 Å². The van der Waals surface area contributed by atoms with Crippen LogP contribution in [0.3, 0.4) is 0 Å². The molecule has 0 saturated heterocycles. The second-order valence-corrected chi connectivity index (χ2v) is 24.6. The summed E-state index contributed by atoms with van der Waals surface area (Å²) in [5.41, 5.74) is 9.83. The summed E-state index contributed by atoms with van der Waals surface area (Å²) in [7, 11) is -1.24. The van der Waals surface area contributed by atoms with Crippen LogP contribution in [0.15, 0.2) is 212 Å². The van der Waals surface area contributed by atoms with Gasteiger partial charge in [-0.1, -0.05) is 227 Å². The first-order valence-corrected chi connectivity index (χ1v) is 27.7. The second kappa shape index (κ2) is 23.1. The van der Waals surface area contributed by atoms with Gasteiger partial charge >= 0.3 is 6.09 Å². The summed E-state index contributed by atoms with van der Waals surface area (Å²) in [6, 6.07) is 72.2. The fraction of sp³-hybridized carbons (Fsp3) is 0.231. The van der Waals surface area contributed by atoms with E-state index in [1.54, 1.807) is 7.11 Å². The smallest absolute Gasteiger partial charge is 0.407 e. The minimum Gasteiger partial charge on any atom is -0.495 e. The number of rotatable bonds is 20. The average molecular weight is 998 g/mol. The zero-order valence-corrected chi connectivity index (χ0v) is 44.1. The highest BCUT2D eigenvalue weighted by Gasteiger charge is 2.50. The largest absolute Gasteiger partial charge is 0.495 e. The third-order valence-corrected chi connectivity index (χ3v) is 19.5. The molecular weight excluding hydrogens is 931 g/mol. The Bertz CT molecular complexity index is 3000. The van der Waals surface area contributed by atoms with E-state index >= 15 is 0 Å². The predicted molar refractivity (Wildman–Crippen MR) is 302 cm³/mol. The molecule has 0 aromatic heterocycles. The van der Waals surface area contributed by atoms with E-state index in [4.69, 9.17) is 13.9 Å². The van der Waals surface area contributed by atoms with Crippen LogP contribution < -0.4 is 31.1 Å². The van der Waals surface area contributed by atoms with E-state index < -0.39 is 26.0 Å². The van der Waals surface area contributed by atoms with Crippen molar-refractivity contribution < 1.29 is 23.5 Å². The lowest BCUT2D eigenvalue weighted by atomic mass is 9.76. The first-order valence-electron chi connectivity index (χ1n) is 25.8. The number of aryl methyl sites for hydroxylation is 1. The summed E-state index contributed by atoms with van der Waals surface area (Å²) in [5.74, 6) is -0.0122. The molecule has 376 valence electrons. The maximum Gasteiger partial charge on any atom is 0.407 e. The second-order valence-electron chi connectivity index (χ2n) is 20.3. The number of unbranched alkanes of at least 4 members (excludes halogenated alkanes) is 1. The van der Waals surface area contributed by atoms with Crippen molar-refractivity contribution in [1.82, 2.24) is 10.6 Å². The Labute approximate surface area is 438 Å². The molecule has 0 heterocycles. The van der Waals surface area contributed by atoms with Gasteiger partial charge in [0.15, 0.2) is 0 Å². The Morgan fingerprint density at radius 1 is 0.608 bits per heavy atom. The Hall–Kier alpha value is -7.56. The molecule has 1 aliphatic carbocycles. The molecule has 8 aromatic carbocycles. The van der Waals surface area contributed by atoms with Crippen LogP contribution in [0, 0.1) is 6.92 Å². The summed E-state index contributed by atoms with van der Waals surface area (Å²) in [5, 5.41) is 12.3. The van der Waals surface area contributed by atoms with Crippen molar-refractivity contribution in [2.75, 3.05) is 25.6 Å². The van der Waals surface area contributed by atoms with E-state index in [9.17, 15) is 9.59 Å². The number of amides is 2. The molecule has 8 nitrogen and oxygen atoms in total. The Morgan fingerprint density at radius 3 is 1.66 bits per heavy atom. The molecule has 1 aliphatic rings. The van der Waals surface area contributed by atoms with Gasteiger partial charge in [0, 0.05) is 5.92 Å². The van der Waals surface area contributed by atoms with Crippen molar-refractivity contribution in [3.05, 3.63) is 251 Å². The number of carbonyl (C=O) groups excluding carboxylic acids is 2. The minimum atomic E-state index is -2.83. The SMILES string of the molecule is COc1cc(CO[Si](c2ccccc2)(c2ccccc2)C(C)(C)C)ccc1NC(=O)[C@H](CCCCNC(c1ccccc1)(c1ccccc1)c1ccc(C)cc1)NC(=O)OCC1c2ccccc2-c2ccccc21. The highest BCUT2D eigenvalue weighted by molar-refractivity contribution is 6.99. The lowest BCUT2D eigenvalue weighted by Crippen LogP contribution is -2.66. The lowest BCUT2D eigenvalue weighted by Gasteiger charge is -2.43. The monoisotopic (exact) mass is 997 g/mol. The normalized spacial score (nSPS) is 12.8. The van der Waals surface area contributed by atoms with Gasteiger partial charge in [-0.25, -0.2) is 4.79 Å².